The van der Waals surface area contributed by atoms with Gasteiger partial charge < -0.3 is 5.32 Å². The molecule has 106 valence electrons. The van der Waals surface area contributed by atoms with E-state index < -0.39 is 10.0 Å². The van der Waals surface area contributed by atoms with Crippen molar-refractivity contribution in [2.45, 2.75) is 44.6 Å². The van der Waals surface area contributed by atoms with E-state index in [4.69, 9.17) is 0 Å². The normalized spacial score (nSPS) is 18.4. The molecule has 0 aliphatic carbocycles. The summed E-state index contributed by atoms with van der Waals surface area (Å²) in [5, 5.41) is 3.32. The van der Waals surface area contributed by atoms with Crippen molar-refractivity contribution in [3.05, 3.63) is 23.8 Å². The van der Waals surface area contributed by atoms with Gasteiger partial charge in [0.05, 0.1) is 4.90 Å². The molecule has 0 saturated carbocycles. The number of nitrogens with one attached hydrogen (secondary N) is 2. The number of fused-ring (bicyclic) bond motifs is 1. The van der Waals surface area contributed by atoms with Crippen LogP contribution in [0.1, 0.15) is 32.8 Å². The molecule has 1 aliphatic rings. The van der Waals surface area contributed by atoms with Gasteiger partial charge in [-0.1, -0.05) is 13.8 Å². The maximum absolute atomic E-state index is 12.2. The summed E-state index contributed by atoms with van der Waals surface area (Å²) >= 11 is 0. The van der Waals surface area contributed by atoms with Crippen LogP contribution in [-0.2, 0) is 16.4 Å². The van der Waals surface area contributed by atoms with Crippen molar-refractivity contribution in [3.63, 3.8) is 0 Å². The van der Waals surface area contributed by atoms with Crippen molar-refractivity contribution in [3.8, 4) is 0 Å². The third-order valence-corrected chi connectivity index (χ3v) is 4.79. The van der Waals surface area contributed by atoms with E-state index >= 15 is 0 Å². The van der Waals surface area contributed by atoms with Crippen LogP contribution in [0.25, 0.3) is 0 Å². The van der Waals surface area contributed by atoms with Gasteiger partial charge >= 0.3 is 0 Å². The van der Waals surface area contributed by atoms with Gasteiger partial charge in [-0.05, 0) is 49.4 Å². The van der Waals surface area contributed by atoms with Crippen molar-refractivity contribution in [1.29, 1.82) is 0 Å². The summed E-state index contributed by atoms with van der Waals surface area (Å²) in [6.45, 7) is 6.74. The average molecular weight is 282 g/mol. The highest BCUT2D eigenvalue weighted by Gasteiger charge is 2.20. The van der Waals surface area contributed by atoms with E-state index in [1.165, 1.54) is 0 Å². The number of benzene rings is 1. The van der Waals surface area contributed by atoms with Crippen LogP contribution in [0.15, 0.2) is 23.1 Å². The Bertz CT molecular complexity index is 553. The highest BCUT2D eigenvalue weighted by atomic mass is 32.2. The monoisotopic (exact) mass is 282 g/mol. The molecule has 2 N–H and O–H groups in total. The lowest BCUT2D eigenvalue weighted by Gasteiger charge is -2.09. The molecule has 1 aromatic carbocycles. The number of anilines is 1. The number of hydrogen-bond acceptors (Lipinski definition) is 3. The maximum atomic E-state index is 12.2. The molecule has 1 aromatic rings. The second-order valence-corrected chi connectivity index (χ2v) is 7.42. The van der Waals surface area contributed by atoms with Gasteiger partial charge in [-0.2, -0.15) is 0 Å². The summed E-state index contributed by atoms with van der Waals surface area (Å²) in [6, 6.07) is 5.68. The van der Waals surface area contributed by atoms with Gasteiger partial charge in [0.15, 0.2) is 0 Å². The Morgan fingerprint density at radius 3 is 2.84 bits per heavy atom. The van der Waals surface area contributed by atoms with Crippen LogP contribution in [0, 0.1) is 5.92 Å². The SMILES string of the molecule is CC(C)CCNS(=O)(=O)c1ccc2c(c1)CC(C)N2. The Kier molecular flexibility index (Phi) is 4.16. The van der Waals surface area contributed by atoms with Crippen molar-refractivity contribution in [1.82, 2.24) is 4.72 Å². The minimum atomic E-state index is -3.37. The van der Waals surface area contributed by atoms with Crippen LogP contribution >= 0.6 is 0 Å². The molecule has 1 atom stereocenters. The summed E-state index contributed by atoms with van der Waals surface area (Å²) in [4.78, 5) is 0.367. The van der Waals surface area contributed by atoms with Gasteiger partial charge in [-0.25, -0.2) is 13.1 Å². The predicted octanol–water partition coefficient (Wildman–Crippen LogP) is 2.37. The molecule has 0 fully saturated rings. The standard InChI is InChI=1S/C14H22N2O2S/c1-10(2)6-7-15-19(17,18)13-4-5-14-12(9-13)8-11(3)16-14/h4-5,9-11,15-16H,6-8H2,1-3H3. The highest BCUT2D eigenvalue weighted by molar-refractivity contribution is 7.89. The van der Waals surface area contributed by atoms with E-state index in [0.29, 0.717) is 23.4 Å². The molecule has 19 heavy (non-hydrogen) atoms. The van der Waals surface area contributed by atoms with Crippen molar-refractivity contribution >= 4 is 15.7 Å². The van der Waals surface area contributed by atoms with Gasteiger partial charge in [-0.3, -0.25) is 0 Å². The van der Waals surface area contributed by atoms with E-state index in [9.17, 15) is 8.42 Å². The highest BCUT2D eigenvalue weighted by Crippen LogP contribution is 2.27. The summed E-state index contributed by atoms with van der Waals surface area (Å²) in [5.74, 6) is 0.493. The summed E-state index contributed by atoms with van der Waals surface area (Å²) in [5.41, 5.74) is 2.13. The Morgan fingerprint density at radius 1 is 1.42 bits per heavy atom. The first kappa shape index (κ1) is 14.3. The zero-order valence-electron chi connectivity index (χ0n) is 11.7. The lowest BCUT2D eigenvalue weighted by atomic mass is 10.1. The van der Waals surface area contributed by atoms with Gasteiger partial charge in [0, 0.05) is 18.3 Å². The Morgan fingerprint density at radius 2 is 2.16 bits per heavy atom. The topological polar surface area (TPSA) is 58.2 Å². The third kappa shape index (κ3) is 3.48. The van der Waals surface area contributed by atoms with E-state index in [1.54, 1.807) is 12.1 Å². The van der Waals surface area contributed by atoms with Crippen molar-refractivity contribution < 1.29 is 8.42 Å². The smallest absolute Gasteiger partial charge is 0.240 e. The number of rotatable bonds is 5. The summed E-state index contributed by atoms with van der Waals surface area (Å²) in [7, 11) is -3.37. The molecule has 0 radical (unpaired) electrons. The Labute approximate surface area is 115 Å². The molecule has 0 aromatic heterocycles. The van der Waals surface area contributed by atoms with E-state index in [1.807, 2.05) is 6.07 Å². The first-order valence-electron chi connectivity index (χ1n) is 6.77. The maximum Gasteiger partial charge on any atom is 0.240 e. The number of hydrogen-bond donors (Lipinski definition) is 2. The largest absolute Gasteiger partial charge is 0.382 e. The third-order valence-electron chi connectivity index (χ3n) is 3.33. The van der Waals surface area contributed by atoms with Crippen LogP contribution in [0.5, 0.6) is 0 Å². The molecule has 2 rings (SSSR count). The summed E-state index contributed by atoms with van der Waals surface area (Å²) < 4.78 is 27.0. The second-order valence-electron chi connectivity index (χ2n) is 5.65. The molecule has 1 aliphatic heterocycles. The fourth-order valence-electron chi connectivity index (χ4n) is 2.26. The molecule has 0 amide bonds. The van der Waals surface area contributed by atoms with Gasteiger partial charge in [0.2, 0.25) is 10.0 Å². The van der Waals surface area contributed by atoms with Crippen LogP contribution in [0.4, 0.5) is 5.69 Å². The molecule has 4 nitrogen and oxygen atoms in total. The Balaban J connectivity index is 2.11. The molecule has 0 bridgehead atoms. The molecule has 1 unspecified atom stereocenters. The lowest BCUT2D eigenvalue weighted by molar-refractivity contribution is 0.551. The molecular formula is C14H22N2O2S. The van der Waals surface area contributed by atoms with E-state index in [0.717, 1.165) is 24.1 Å². The minimum Gasteiger partial charge on any atom is -0.382 e. The molecule has 0 spiro atoms. The Hall–Kier alpha value is -1.07. The van der Waals surface area contributed by atoms with Crippen molar-refractivity contribution in [2.75, 3.05) is 11.9 Å². The molecule has 0 saturated heterocycles. The fourth-order valence-corrected chi connectivity index (χ4v) is 3.36. The molecule has 1 heterocycles. The predicted molar refractivity (Wildman–Crippen MR) is 77.9 cm³/mol. The van der Waals surface area contributed by atoms with Gasteiger partial charge in [0.1, 0.15) is 0 Å². The second kappa shape index (κ2) is 5.51. The van der Waals surface area contributed by atoms with Crippen LogP contribution in [0.3, 0.4) is 0 Å². The zero-order valence-corrected chi connectivity index (χ0v) is 12.5. The van der Waals surface area contributed by atoms with Gasteiger partial charge in [-0.15, -0.1) is 0 Å². The van der Waals surface area contributed by atoms with Gasteiger partial charge in [0.25, 0.3) is 0 Å². The van der Waals surface area contributed by atoms with E-state index in [2.05, 4.69) is 30.8 Å². The first-order chi connectivity index (χ1) is 8.88. The van der Waals surface area contributed by atoms with E-state index in [-0.39, 0.29) is 0 Å². The van der Waals surface area contributed by atoms with Crippen LogP contribution in [-0.4, -0.2) is 21.0 Å². The minimum absolute atomic E-state index is 0.367. The first-order valence-corrected chi connectivity index (χ1v) is 8.26. The van der Waals surface area contributed by atoms with Crippen LogP contribution in [0.2, 0.25) is 0 Å². The quantitative estimate of drug-likeness (QED) is 0.871. The average Bonchev–Trinajstić information content (AvgIpc) is 2.67. The number of sulfonamides is 1. The summed E-state index contributed by atoms with van der Waals surface area (Å²) in [6.07, 6.45) is 1.73. The van der Waals surface area contributed by atoms with Crippen LogP contribution < -0.4 is 10.0 Å². The lowest BCUT2D eigenvalue weighted by Crippen LogP contribution is -2.25. The molecular weight excluding hydrogens is 260 g/mol. The fraction of sp³-hybridized carbons (Fsp3) is 0.571. The zero-order chi connectivity index (χ0) is 14.0. The van der Waals surface area contributed by atoms with Crippen molar-refractivity contribution in [2.24, 2.45) is 5.92 Å². The molecule has 5 heteroatoms.